The highest BCUT2D eigenvalue weighted by atomic mass is 32.1. The van der Waals surface area contributed by atoms with Gasteiger partial charge in [-0.3, -0.25) is 9.59 Å². The Hall–Kier alpha value is -1.26. The minimum absolute atomic E-state index is 0.0162. The van der Waals surface area contributed by atoms with Crippen LogP contribution in [0.25, 0.3) is 0 Å². The summed E-state index contributed by atoms with van der Waals surface area (Å²) in [7, 11) is 0. The molecular weight excluding hydrogens is 312 g/mol. The summed E-state index contributed by atoms with van der Waals surface area (Å²) in [6.45, 7) is 12.6. The molecule has 2 aromatic heterocycles. The van der Waals surface area contributed by atoms with E-state index in [1.165, 1.54) is 11.3 Å². The molecule has 2 heterocycles. The first kappa shape index (κ1) is 15.6. The molecule has 4 heteroatoms. The molecule has 3 rings (SSSR count). The van der Waals surface area contributed by atoms with Crippen molar-refractivity contribution in [3.63, 3.8) is 0 Å². The second-order valence-corrected chi connectivity index (χ2v) is 9.63. The molecule has 0 fully saturated rings. The van der Waals surface area contributed by atoms with Gasteiger partial charge in [0, 0.05) is 42.8 Å². The van der Waals surface area contributed by atoms with Crippen molar-refractivity contribution in [1.82, 2.24) is 0 Å². The van der Waals surface area contributed by atoms with Crippen LogP contribution < -0.4 is 0 Å². The van der Waals surface area contributed by atoms with Crippen LogP contribution in [0, 0.1) is 0 Å². The molecule has 0 aliphatic heterocycles. The Kier molecular flexibility index (Phi) is 3.28. The van der Waals surface area contributed by atoms with Crippen LogP contribution in [0.1, 0.15) is 83.1 Å². The van der Waals surface area contributed by atoms with Gasteiger partial charge in [0.1, 0.15) is 0 Å². The van der Waals surface area contributed by atoms with Crippen molar-refractivity contribution in [3.8, 4) is 0 Å². The maximum Gasteiger partial charge on any atom is 0.196 e. The summed E-state index contributed by atoms with van der Waals surface area (Å²) in [5.41, 5.74) is 2.15. The van der Waals surface area contributed by atoms with Gasteiger partial charge in [-0.05, 0) is 10.8 Å². The smallest absolute Gasteiger partial charge is 0.196 e. The Balaban J connectivity index is 2.40. The second-order valence-electron chi connectivity index (χ2n) is 7.87. The first-order valence-electron chi connectivity index (χ1n) is 7.37. The lowest BCUT2D eigenvalue weighted by atomic mass is 9.78. The van der Waals surface area contributed by atoms with Gasteiger partial charge in [0.15, 0.2) is 11.6 Å². The third-order valence-corrected chi connectivity index (χ3v) is 6.66. The largest absolute Gasteiger partial charge is 0.288 e. The summed E-state index contributed by atoms with van der Waals surface area (Å²) < 4.78 is 0. The fraction of sp³-hybridized carbons (Fsp3) is 0.444. The van der Waals surface area contributed by atoms with Crippen LogP contribution >= 0.6 is 22.7 Å². The van der Waals surface area contributed by atoms with Crippen molar-refractivity contribution in [2.45, 2.75) is 52.4 Å². The van der Waals surface area contributed by atoms with Gasteiger partial charge in [0.25, 0.3) is 0 Å². The van der Waals surface area contributed by atoms with E-state index >= 15 is 0 Å². The third-order valence-electron chi connectivity index (χ3n) is 3.88. The highest BCUT2D eigenvalue weighted by Crippen LogP contribution is 2.46. The molecule has 0 atom stereocenters. The minimum atomic E-state index is -0.151. The first-order valence-corrected chi connectivity index (χ1v) is 9.12. The molecule has 0 unspecified atom stereocenters. The molecule has 0 saturated heterocycles. The molecule has 1 aliphatic carbocycles. The topological polar surface area (TPSA) is 34.1 Å². The van der Waals surface area contributed by atoms with Gasteiger partial charge in [-0.25, -0.2) is 0 Å². The SMILES string of the molecule is CC(C)(C)c1sc(C(C)(C)C)c2c1C(=O)c1cscc1C2=O. The number of fused-ring (bicyclic) bond motifs is 2. The molecule has 22 heavy (non-hydrogen) atoms. The van der Waals surface area contributed by atoms with E-state index in [1.807, 2.05) is 0 Å². The van der Waals surface area contributed by atoms with Crippen LogP contribution in [-0.2, 0) is 10.8 Å². The van der Waals surface area contributed by atoms with Gasteiger partial charge in [-0.1, -0.05) is 41.5 Å². The summed E-state index contributed by atoms with van der Waals surface area (Å²) in [6.07, 6.45) is 0. The lowest BCUT2D eigenvalue weighted by Crippen LogP contribution is -2.24. The van der Waals surface area contributed by atoms with E-state index in [4.69, 9.17) is 0 Å². The van der Waals surface area contributed by atoms with Gasteiger partial charge >= 0.3 is 0 Å². The number of carbonyl (C=O) groups is 2. The Bertz CT molecular complexity index is 729. The van der Waals surface area contributed by atoms with Crippen LogP contribution in [0.5, 0.6) is 0 Å². The number of rotatable bonds is 0. The maximum absolute atomic E-state index is 13.0. The molecule has 0 spiro atoms. The first-order chi connectivity index (χ1) is 10.0. The molecule has 1 aliphatic rings. The van der Waals surface area contributed by atoms with Crippen LogP contribution in [0.15, 0.2) is 10.8 Å². The van der Waals surface area contributed by atoms with Crippen LogP contribution in [0.3, 0.4) is 0 Å². The summed E-state index contributed by atoms with van der Waals surface area (Å²) in [5, 5.41) is 3.61. The van der Waals surface area contributed by atoms with Gasteiger partial charge in [0.2, 0.25) is 0 Å². The average Bonchev–Trinajstić information content (AvgIpc) is 2.99. The quantitative estimate of drug-likeness (QED) is 0.568. The summed E-state index contributed by atoms with van der Waals surface area (Å²) in [6, 6.07) is 0. The van der Waals surface area contributed by atoms with Crippen molar-refractivity contribution < 1.29 is 9.59 Å². The number of hydrogen-bond donors (Lipinski definition) is 0. The fourth-order valence-electron chi connectivity index (χ4n) is 2.84. The molecule has 0 radical (unpaired) electrons. The Morgan fingerprint density at radius 1 is 0.727 bits per heavy atom. The zero-order valence-corrected chi connectivity index (χ0v) is 15.4. The second kappa shape index (κ2) is 4.62. The van der Waals surface area contributed by atoms with Gasteiger partial charge in [0.05, 0.1) is 0 Å². The summed E-state index contributed by atoms with van der Waals surface area (Å²) in [5.74, 6) is 0.0325. The van der Waals surface area contributed by atoms with E-state index in [9.17, 15) is 9.59 Å². The number of carbonyl (C=O) groups excluding carboxylic acids is 2. The van der Waals surface area contributed by atoms with Gasteiger partial charge < -0.3 is 0 Å². The van der Waals surface area contributed by atoms with Crippen LogP contribution in [0.2, 0.25) is 0 Å². The van der Waals surface area contributed by atoms with E-state index in [2.05, 4.69) is 41.5 Å². The Morgan fingerprint density at radius 2 is 1.09 bits per heavy atom. The highest BCUT2D eigenvalue weighted by molar-refractivity contribution is 7.13. The zero-order valence-electron chi connectivity index (χ0n) is 13.8. The monoisotopic (exact) mass is 332 g/mol. The third kappa shape index (κ3) is 2.12. The van der Waals surface area contributed by atoms with E-state index in [0.29, 0.717) is 22.3 Å². The van der Waals surface area contributed by atoms with Crippen molar-refractivity contribution in [3.05, 3.63) is 42.8 Å². The maximum atomic E-state index is 13.0. The zero-order chi connectivity index (χ0) is 16.4. The minimum Gasteiger partial charge on any atom is -0.288 e. The van der Waals surface area contributed by atoms with Gasteiger partial charge in [-0.15, -0.1) is 11.3 Å². The lowest BCUT2D eigenvalue weighted by molar-refractivity contribution is 0.0978. The predicted molar refractivity (Wildman–Crippen MR) is 92.9 cm³/mol. The van der Waals surface area contributed by atoms with E-state index < -0.39 is 0 Å². The van der Waals surface area contributed by atoms with Crippen LogP contribution in [-0.4, -0.2) is 11.6 Å². The molecule has 2 nitrogen and oxygen atoms in total. The molecule has 0 aromatic carbocycles. The molecule has 0 N–H and O–H groups in total. The molecule has 2 aromatic rings. The summed E-state index contributed by atoms with van der Waals surface area (Å²) in [4.78, 5) is 28.0. The molecule has 0 bridgehead atoms. The van der Waals surface area contributed by atoms with E-state index in [0.717, 1.165) is 9.75 Å². The fourth-order valence-corrected chi connectivity index (χ4v) is 5.06. The Morgan fingerprint density at radius 3 is 1.41 bits per heavy atom. The Labute approximate surface area is 139 Å². The standard InChI is InChI=1S/C18H20O2S2/c1-17(2,3)15-11-12(16(22-15)18(4,5)6)14(20)10-8-21-7-9(10)13(11)19/h7-8H,1-6H3. The molecular formula is C18H20O2S2. The highest BCUT2D eigenvalue weighted by Gasteiger charge is 2.41. The summed E-state index contributed by atoms with van der Waals surface area (Å²) >= 11 is 3.06. The van der Waals surface area contributed by atoms with E-state index in [1.54, 1.807) is 22.1 Å². The lowest BCUT2D eigenvalue weighted by Gasteiger charge is -2.21. The average molecular weight is 332 g/mol. The van der Waals surface area contributed by atoms with Crippen molar-refractivity contribution in [1.29, 1.82) is 0 Å². The normalized spacial score (nSPS) is 15.0. The van der Waals surface area contributed by atoms with E-state index in [-0.39, 0.29) is 22.4 Å². The molecule has 116 valence electrons. The number of hydrogen-bond acceptors (Lipinski definition) is 4. The van der Waals surface area contributed by atoms with Gasteiger partial charge in [-0.2, -0.15) is 11.3 Å². The number of thiophene rings is 2. The van der Waals surface area contributed by atoms with Crippen LogP contribution in [0.4, 0.5) is 0 Å². The van der Waals surface area contributed by atoms with Crippen molar-refractivity contribution in [2.75, 3.05) is 0 Å². The molecule has 0 saturated carbocycles. The molecule has 0 amide bonds. The van der Waals surface area contributed by atoms with Crippen molar-refractivity contribution >= 4 is 34.2 Å². The number of ketones is 2. The van der Waals surface area contributed by atoms with Crippen molar-refractivity contribution in [2.24, 2.45) is 0 Å². The predicted octanol–water partition coefficient (Wildman–Crippen LogP) is 5.18.